The van der Waals surface area contributed by atoms with Crippen LogP contribution in [-0.4, -0.2) is 23.6 Å². The third kappa shape index (κ3) is 2.39. The Morgan fingerprint density at radius 3 is 2.45 bits per heavy atom. The SMILES string of the molecule is CCC(CC)(CBr)CN1C(=O)C(=O)c2ccc(F)cc21. The fraction of sp³-hybridized carbons (Fsp3) is 0.467. The standard InChI is InChI=1S/C15H17BrFNO2/c1-3-15(4-2,8-16)9-18-12-7-10(17)5-6-11(12)13(19)14(18)20/h5-7H,3-4,8-9H2,1-2H3. The fourth-order valence-corrected chi connectivity index (χ4v) is 3.43. The number of carbonyl (C=O) groups excluding carboxylic acids is 2. The van der Waals surface area contributed by atoms with Crippen LogP contribution < -0.4 is 4.90 Å². The first-order valence-electron chi connectivity index (χ1n) is 6.69. The summed E-state index contributed by atoms with van der Waals surface area (Å²) < 4.78 is 13.4. The number of anilines is 1. The number of fused-ring (bicyclic) bond motifs is 1. The molecule has 0 saturated heterocycles. The molecule has 1 amide bonds. The summed E-state index contributed by atoms with van der Waals surface area (Å²) in [7, 11) is 0. The summed E-state index contributed by atoms with van der Waals surface area (Å²) in [5.74, 6) is -1.54. The zero-order valence-electron chi connectivity index (χ0n) is 11.6. The van der Waals surface area contributed by atoms with E-state index in [4.69, 9.17) is 0 Å². The summed E-state index contributed by atoms with van der Waals surface area (Å²) in [4.78, 5) is 25.5. The number of hydrogen-bond acceptors (Lipinski definition) is 2. The number of amides is 1. The van der Waals surface area contributed by atoms with Gasteiger partial charge >= 0.3 is 0 Å². The van der Waals surface area contributed by atoms with Gasteiger partial charge in [-0.3, -0.25) is 9.59 Å². The zero-order chi connectivity index (χ0) is 14.9. The van der Waals surface area contributed by atoms with Gasteiger partial charge in [0.25, 0.3) is 11.7 Å². The van der Waals surface area contributed by atoms with E-state index in [1.165, 1.54) is 23.1 Å². The van der Waals surface area contributed by atoms with Crippen LogP contribution in [0.4, 0.5) is 10.1 Å². The van der Waals surface area contributed by atoms with Crippen LogP contribution >= 0.6 is 15.9 Å². The van der Waals surface area contributed by atoms with Gasteiger partial charge in [-0.25, -0.2) is 4.39 Å². The third-order valence-corrected chi connectivity index (χ3v) is 5.40. The number of halogens is 2. The second-order valence-corrected chi connectivity index (χ2v) is 5.78. The summed E-state index contributed by atoms with van der Waals surface area (Å²) in [6.07, 6.45) is 1.74. The summed E-state index contributed by atoms with van der Waals surface area (Å²) in [5, 5.41) is 0.732. The van der Waals surface area contributed by atoms with Gasteiger partial charge in [0.1, 0.15) is 5.82 Å². The Morgan fingerprint density at radius 1 is 1.25 bits per heavy atom. The number of hydrogen-bond donors (Lipinski definition) is 0. The van der Waals surface area contributed by atoms with Crippen molar-refractivity contribution in [1.82, 2.24) is 0 Å². The largest absolute Gasteiger partial charge is 0.304 e. The van der Waals surface area contributed by atoms with Gasteiger partial charge in [-0.15, -0.1) is 0 Å². The monoisotopic (exact) mass is 341 g/mol. The number of nitrogens with zero attached hydrogens (tertiary/aromatic N) is 1. The molecule has 5 heteroatoms. The lowest BCUT2D eigenvalue weighted by Gasteiger charge is -2.34. The molecule has 0 bridgehead atoms. The maximum atomic E-state index is 13.4. The zero-order valence-corrected chi connectivity index (χ0v) is 13.2. The van der Waals surface area contributed by atoms with E-state index in [9.17, 15) is 14.0 Å². The Balaban J connectivity index is 2.41. The molecule has 1 aliphatic heterocycles. The van der Waals surface area contributed by atoms with Crippen LogP contribution in [0, 0.1) is 11.2 Å². The molecular weight excluding hydrogens is 325 g/mol. The van der Waals surface area contributed by atoms with Crippen LogP contribution in [0.2, 0.25) is 0 Å². The van der Waals surface area contributed by atoms with Gasteiger partial charge in [0.05, 0.1) is 11.3 Å². The van der Waals surface area contributed by atoms with Crippen LogP contribution in [-0.2, 0) is 4.79 Å². The molecule has 0 aliphatic carbocycles. The molecule has 0 fully saturated rings. The topological polar surface area (TPSA) is 37.4 Å². The summed E-state index contributed by atoms with van der Waals surface area (Å²) >= 11 is 3.49. The minimum atomic E-state index is -0.558. The molecule has 20 heavy (non-hydrogen) atoms. The molecule has 0 atom stereocenters. The lowest BCUT2D eigenvalue weighted by atomic mass is 9.84. The first-order valence-corrected chi connectivity index (χ1v) is 7.82. The van der Waals surface area contributed by atoms with Crippen molar-refractivity contribution in [3.05, 3.63) is 29.6 Å². The second kappa shape index (κ2) is 5.64. The van der Waals surface area contributed by atoms with Crippen molar-refractivity contribution in [2.45, 2.75) is 26.7 Å². The molecule has 2 rings (SSSR count). The summed E-state index contributed by atoms with van der Waals surface area (Å²) in [6, 6.07) is 3.87. The lowest BCUT2D eigenvalue weighted by molar-refractivity contribution is -0.114. The van der Waals surface area contributed by atoms with Gasteiger partial charge in [0.15, 0.2) is 0 Å². The van der Waals surface area contributed by atoms with Gasteiger partial charge in [0.2, 0.25) is 0 Å². The average Bonchev–Trinajstić information content (AvgIpc) is 2.69. The second-order valence-electron chi connectivity index (χ2n) is 5.22. The van der Waals surface area contributed by atoms with Gasteiger partial charge < -0.3 is 4.90 Å². The van der Waals surface area contributed by atoms with E-state index in [1.807, 2.05) is 0 Å². The molecule has 0 radical (unpaired) electrons. The minimum absolute atomic E-state index is 0.107. The Morgan fingerprint density at radius 2 is 1.90 bits per heavy atom. The Hall–Kier alpha value is -1.23. The van der Waals surface area contributed by atoms with Gasteiger partial charge in [-0.1, -0.05) is 29.8 Å². The molecule has 0 aromatic heterocycles. The fourth-order valence-electron chi connectivity index (χ4n) is 2.46. The van der Waals surface area contributed by atoms with Crippen molar-refractivity contribution in [3.8, 4) is 0 Å². The van der Waals surface area contributed by atoms with E-state index in [1.54, 1.807) is 0 Å². The van der Waals surface area contributed by atoms with Crippen LogP contribution in [0.15, 0.2) is 18.2 Å². The van der Waals surface area contributed by atoms with E-state index in [0.29, 0.717) is 17.8 Å². The average molecular weight is 342 g/mol. The van der Waals surface area contributed by atoms with Crippen LogP contribution in [0.3, 0.4) is 0 Å². The summed E-state index contributed by atoms with van der Waals surface area (Å²) in [5.41, 5.74) is 0.587. The van der Waals surface area contributed by atoms with Gasteiger partial charge in [-0.2, -0.15) is 0 Å². The van der Waals surface area contributed by atoms with Crippen LogP contribution in [0.25, 0.3) is 0 Å². The normalized spacial score (nSPS) is 14.9. The highest BCUT2D eigenvalue weighted by Gasteiger charge is 2.40. The number of ketones is 1. The van der Waals surface area contributed by atoms with E-state index < -0.39 is 17.5 Å². The Kier molecular flexibility index (Phi) is 4.28. The lowest BCUT2D eigenvalue weighted by Crippen LogP contribution is -2.41. The number of benzene rings is 1. The Bertz CT molecular complexity index is 547. The number of alkyl halides is 1. The maximum Gasteiger partial charge on any atom is 0.299 e. The van der Waals surface area contributed by atoms with E-state index in [0.717, 1.165) is 18.2 Å². The first kappa shape index (κ1) is 15.2. The highest BCUT2D eigenvalue weighted by atomic mass is 79.9. The quantitative estimate of drug-likeness (QED) is 0.606. The Labute approximate surface area is 126 Å². The van der Waals surface area contributed by atoms with Crippen molar-refractivity contribution in [2.75, 3.05) is 16.8 Å². The highest BCUT2D eigenvalue weighted by Crippen LogP contribution is 2.36. The number of carbonyl (C=O) groups is 2. The predicted octanol–water partition coefficient (Wildman–Crippen LogP) is 3.56. The van der Waals surface area contributed by atoms with E-state index in [2.05, 4.69) is 29.8 Å². The summed E-state index contributed by atoms with van der Waals surface area (Å²) in [6.45, 7) is 4.53. The predicted molar refractivity (Wildman–Crippen MR) is 79.9 cm³/mol. The molecule has 1 aliphatic rings. The van der Waals surface area contributed by atoms with Crippen molar-refractivity contribution >= 4 is 33.3 Å². The van der Waals surface area contributed by atoms with Crippen LogP contribution in [0.1, 0.15) is 37.0 Å². The molecular formula is C15H17BrFNO2. The molecule has 0 unspecified atom stereocenters. The van der Waals surface area contributed by atoms with Crippen LogP contribution in [0.5, 0.6) is 0 Å². The van der Waals surface area contributed by atoms with Gasteiger partial charge in [0, 0.05) is 11.9 Å². The molecule has 108 valence electrons. The molecule has 0 spiro atoms. The third-order valence-electron chi connectivity index (χ3n) is 4.21. The van der Waals surface area contributed by atoms with Crippen molar-refractivity contribution in [1.29, 1.82) is 0 Å². The van der Waals surface area contributed by atoms with Crippen molar-refractivity contribution in [2.24, 2.45) is 5.41 Å². The molecule has 3 nitrogen and oxygen atoms in total. The molecule has 1 aromatic carbocycles. The highest BCUT2D eigenvalue weighted by molar-refractivity contribution is 9.09. The maximum absolute atomic E-state index is 13.4. The molecule has 0 saturated carbocycles. The van der Waals surface area contributed by atoms with E-state index >= 15 is 0 Å². The van der Waals surface area contributed by atoms with Crippen molar-refractivity contribution in [3.63, 3.8) is 0 Å². The molecule has 0 N–H and O–H groups in total. The molecule has 1 heterocycles. The number of rotatable bonds is 5. The minimum Gasteiger partial charge on any atom is -0.304 e. The van der Waals surface area contributed by atoms with Gasteiger partial charge in [-0.05, 0) is 36.5 Å². The molecule has 1 aromatic rings. The van der Waals surface area contributed by atoms with Crippen molar-refractivity contribution < 1.29 is 14.0 Å². The smallest absolute Gasteiger partial charge is 0.299 e. The van der Waals surface area contributed by atoms with E-state index in [-0.39, 0.29) is 5.41 Å². The first-order chi connectivity index (χ1) is 9.48. The number of Topliss-reactive ketones (excluding diaryl/α,β-unsaturated/α-hetero) is 1.